The molecule has 0 heterocycles. The molecule has 1 atom stereocenters. The van der Waals surface area contributed by atoms with Crippen LogP contribution in [0.15, 0.2) is 12.2 Å². The molecule has 0 fully saturated rings. The van der Waals surface area contributed by atoms with Gasteiger partial charge in [-0.15, -0.1) is 0 Å². The summed E-state index contributed by atoms with van der Waals surface area (Å²) in [4.78, 5) is 24.3. The first-order valence-electron chi connectivity index (χ1n) is 28.7. The molecule has 0 aliphatic carbocycles. The van der Waals surface area contributed by atoms with Gasteiger partial charge >= 0.3 is 11.9 Å². The Morgan fingerprint density at radius 3 is 0.921 bits per heavy atom. The molecule has 0 radical (unpaired) electrons. The number of hydrogen-bond donors (Lipinski definition) is 1. The summed E-state index contributed by atoms with van der Waals surface area (Å²) in [5.74, 6) is -0.588. The summed E-state index contributed by atoms with van der Waals surface area (Å²) in [6, 6.07) is 0. The van der Waals surface area contributed by atoms with Gasteiger partial charge in [-0.25, -0.2) is 0 Å². The average molecular weight is 890 g/mol. The van der Waals surface area contributed by atoms with Crippen molar-refractivity contribution >= 4 is 11.9 Å². The molecule has 0 rings (SSSR count). The van der Waals surface area contributed by atoms with Crippen LogP contribution in [-0.4, -0.2) is 36.4 Å². The lowest BCUT2D eigenvalue weighted by Gasteiger charge is -2.15. The fraction of sp³-hybridized carbons (Fsp3) is 0.931. The molecule has 0 saturated heterocycles. The average Bonchev–Trinajstić information content (AvgIpc) is 3.29. The lowest BCUT2D eigenvalue weighted by atomic mass is 10.0. The highest BCUT2D eigenvalue weighted by molar-refractivity contribution is 5.70. The van der Waals surface area contributed by atoms with Gasteiger partial charge in [0, 0.05) is 12.8 Å². The van der Waals surface area contributed by atoms with Gasteiger partial charge in [-0.3, -0.25) is 9.59 Å². The lowest BCUT2D eigenvalue weighted by Crippen LogP contribution is -2.28. The molecule has 63 heavy (non-hydrogen) atoms. The Hall–Kier alpha value is -1.36. The van der Waals surface area contributed by atoms with Crippen molar-refractivity contribution < 1.29 is 24.2 Å². The standard InChI is InChI=1S/C58H112O5/c1-3-5-7-9-11-13-15-16-17-18-19-20-21-22-23-24-25-26-27-28-29-30-31-32-33-34-35-36-37-38-39-40-41-42-43-45-46-48-50-52-57(60)62-55-56(54-59)63-58(61)53-51-49-47-44-14-12-10-8-6-4-2/h8,10,56,59H,3-7,9,11-55H2,1-2H3/b10-8-. The zero-order valence-electron chi connectivity index (χ0n) is 42.9. The number of carbonyl (C=O) groups is 2. The summed E-state index contributed by atoms with van der Waals surface area (Å²) >= 11 is 0. The Morgan fingerprint density at radius 2 is 0.619 bits per heavy atom. The number of hydrogen-bond acceptors (Lipinski definition) is 5. The number of aliphatic hydroxyl groups is 1. The Kier molecular flexibility index (Phi) is 53.8. The van der Waals surface area contributed by atoms with E-state index in [-0.39, 0.29) is 25.2 Å². The molecule has 0 bridgehead atoms. The third-order valence-corrected chi connectivity index (χ3v) is 13.3. The van der Waals surface area contributed by atoms with Crippen molar-refractivity contribution in [2.45, 2.75) is 335 Å². The van der Waals surface area contributed by atoms with Crippen LogP contribution in [0.4, 0.5) is 0 Å². The molecule has 0 aromatic rings. The molecular weight excluding hydrogens is 777 g/mol. The molecule has 5 nitrogen and oxygen atoms in total. The van der Waals surface area contributed by atoms with Crippen molar-refractivity contribution in [1.29, 1.82) is 0 Å². The largest absolute Gasteiger partial charge is 0.462 e. The van der Waals surface area contributed by atoms with E-state index in [0.717, 1.165) is 44.9 Å². The van der Waals surface area contributed by atoms with E-state index in [1.165, 1.54) is 257 Å². The van der Waals surface area contributed by atoms with Gasteiger partial charge in [0.1, 0.15) is 6.61 Å². The summed E-state index contributed by atoms with van der Waals surface area (Å²) in [5.41, 5.74) is 0. The molecule has 0 saturated carbocycles. The smallest absolute Gasteiger partial charge is 0.306 e. The highest BCUT2D eigenvalue weighted by Gasteiger charge is 2.16. The highest BCUT2D eigenvalue weighted by atomic mass is 16.6. The van der Waals surface area contributed by atoms with Crippen molar-refractivity contribution in [1.82, 2.24) is 0 Å². The highest BCUT2D eigenvalue weighted by Crippen LogP contribution is 2.18. The van der Waals surface area contributed by atoms with Gasteiger partial charge in [0.2, 0.25) is 0 Å². The van der Waals surface area contributed by atoms with Crippen LogP contribution in [0, 0.1) is 0 Å². The second kappa shape index (κ2) is 55.0. The number of rotatable bonds is 54. The summed E-state index contributed by atoms with van der Waals surface area (Å²) in [6.07, 6.45) is 68.1. The number of aliphatic hydroxyl groups excluding tert-OH is 1. The number of carbonyl (C=O) groups excluding carboxylic acids is 2. The molecule has 0 aromatic heterocycles. The first-order valence-corrected chi connectivity index (χ1v) is 28.7. The number of unbranched alkanes of at least 4 members (excludes halogenated alkanes) is 44. The monoisotopic (exact) mass is 889 g/mol. The molecule has 0 aliphatic rings. The Bertz CT molecular complexity index is 917. The maximum absolute atomic E-state index is 12.2. The van der Waals surface area contributed by atoms with Crippen LogP contribution in [0.2, 0.25) is 0 Å². The third kappa shape index (κ3) is 53.1. The molecule has 1 N–H and O–H groups in total. The molecule has 5 heteroatoms. The minimum atomic E-state index is -0.769. The zero-order valence-corrected chi connectivity index (χ0v) is 42.9. The molecule has 0 spiro atoms. The first-order chi connectivity index (χ1) is 31.1. The van der Waals surface area contributed by atoms with Crippen molar-refractivity contribution in [3.8, 4) is 0 Å². The van der Waals surface area contributed by atoms with Crippen LogP contribution in [0.5, 0.6) is 0 Å². The first kappa shape index (κ1) is 61.6. The maximum Gasteiger partial charge on any atom is 0.306 e. The van der Waals surface area contributed by atoms with Crippen molar-refractivity contribution in [3.63, 3.8) is 0 Å². The predicted molar refractivity (Wildman–Crippen MR) is 275 cm³/mol. The third-order valence-electron chi connectivity index (χ3n) is 13.3. The van der Waals surface area contributed by atoms with Gasteiger partial charge < -0.3 is 14.6 Å². The molecule has 1 unspecified atom stereocenters. The minimum Gasteiger partial charge on any atom is -0.462 e. The Morgan fingerprint density at radius 1 is 0.349 bits per heavy atom. The Labute approximate surface area is 394 Å². The van der Waals surface area contributed by atoms with Crippen LogP contribution in [0.25, 0.3) is 0 Å². The van der Waals surface area contributed by atoms with E-state index >= 15 is 0 Å². The molecule has 0 aromatic carbocycles. The number of ether oxygens (including phenoxy) is 2. The molecular formula is C58H112O5. The summed E-state index contributed by atoms with van der Waals surface area (Å²) in [6.45, 7) is 4.11. The number of allylic oxidation sites excluding steroid dienone is 2. The second-order valence-corrected chi connectivity index (χ2v) is 19.7. The van der Waals surface area contributed by atoms with E-state index in [2.05, 4.69) is 26.0 Å². The van der Waals surface area contributed by atoms with Crippen molar-refractivity contribution in [2.75, 3.05) is 13.2 Å². The van der Waals surface area contributed by atoms with Crippen LogP contribution in [-0.2, 0) is 19.1 Å². The SMILES string of the molecule is CCC/C=C\CCCCCCCC(=O)OC(CO)COC(=O)CCCCCCCCCCCCCCCCCCCCCCCCCCCCCCCCCCCCCCCCC. The second-order valence-electron chi connectivity index (χ2n) is 19.7. The van der Waals surface area contributed by atoms with Gasteiger partial charge in [0.25, 0.3) is 0 Å². The summed E-state index contributed by atoms with van der Waals surface area (Å²) in [5, 5.41) is 9.57. The molecule has 0 amide bonds. The minimum absolute atomic E-state index is 0.0631. The van der Waals surface area contributed by atoms with Gasteiger partial charge in [-0.2, -0.15) is 0 Å². The van der Waals surface area contributed by atoms with Gasteiger partial charge in [0.05, 0.1) is 6.61 Å². The van der Waals surface area contributed by atoms with Gasteiger partial charge in [-0.1, -0.05) is 296 Å². The topological polar surface area (TPSA) is 72.8 Å². The predicted octanol–water partition coefficient (Wildman–Crippen LogP) is 19.1. The molecule has 0 aliphatic heterocycles. The van der Waals surface area contributed by atoms with E-state index in [9.17, 15) is 14.7 Å². The van der Waals surface area contributed by atoms with E-state index in [1.54, 1.807) is 0 Å². The van der Waals surface area contributed by atoms with E-state index in [1.807, 2.05) is 0 Å². The van der Waals surface area contributed by atoms with Crippen molar-refractivity contribution in [3.05, 3.63) is 12.2 Å². The van der Waals surface area contributed by atoms with E-state index in [0.29, 0.717) is 12.8 Å². The zero-order chi connectivity index (χ0) is 45.6. The van der Waals surface area contributed by atoms with Crippen molar-refractivity contribution in [2.24, 2.45) is 0 Å². The van der Waals surface area contributed by atoms with Gasteiger partial charge in [-0.05, 0) is 32.1 Å². The van der Waals surface area contributed by atoms with Crippen LogP contribution >= 0.6 is 0 Å². The van der Waals surface area contributed by atoms with Crippen LogP contribution < -0.4 is 0 Å². The Balaban J connectivity index is 3.29. The van der Waals surface area contributed by atoms with E-state index in [4.69, 9.17) is 9.47 Å². The van der Waals surface area contributed by atoms with Crippen LogP contribution in [0.1, 0.15) is 328 Å². The quantitative estimate of drug-likeness (QED) is 0.0374. The van der Waals surface area contributed by atoms with Crippen LogP contribution in [0.3, 0.4) is 0 Å². The van der Waals surface area contributed by atoms with Gasteiger partial charge in [0.15, 0.2) is 6.10 Å². The lowest BCUT2D eigenvalue weighted by molar-refractivity contribution is -0.161. The normalized spacial score (nSPS) is 12.1. The summed E-state index contributed by atoms with van der Waals surface area (Å²) in [7, 11) is 0. The fourth-order valence-electron chi connectivity index (χ4n) is 8.97. The molecule has 374 valence electrons. The van der Waals surface area contributed by atoms with E-state index < -0.39 is 6.10 Å². The fourth-order valence-corrected chi connectivity index (χ4v) is 8.97. The maximum atomic E-state index is 12.2. The summed E-state index contributed by atoms with van der Waals surface area (Å²) < 4.78 is 10.6. The number of esters is 2.